The molecule has 0 bridgehead atoms. The van der Waals surface area contributed by atoms with Gasteiger partial charge in [-0.25, -0.2) is 9.18 Å². The molecule has 1 aliphatic heterocycles. The Hall–Kier alpha value is -4.24. The number of ether oxygens (including phenoxy) is 2. The lowest BCUT2D eigenvalue weighted by Gasteiger charge is -2.43. The van der Waals surface area contributed by atoms with Crippen LogP contribution in [0.2, 0.25) is 0 Å². The molecule has 194 valence electrons. The first kappa shape index (κ1) is 25.4. The van der Waals surface area contributed by atoms with Gasteiger partial charge in [0, 0.05) is 22.1 Å². The van der Waals surface area contributed by atoms with E-state index in [1.807, 2.05) is 35.7 Å². The van der Waals surface area contributed by atoms with Crippen molar-refractivity contribution >= 4 is 34.7 Å². The lowest BCUT2D eigenvalue weighted by molar-refractivity contribution is -0.150. The molecule has 1 aliphatic carbocycles. The molecule has 0 saturated carbocycles. The van der Waals surface area contributed by atoms with Crippen molar-refractivity contribution in [2.24, 2.45) is 11.7 Å². The van der Waals surface area contributed by atoms with Gasteiger partial charge in [-0.05, 0) is 35.6 Å². The largest absolute Gasteiger partial charge is 0.468 e. The molecule has 0 unspecified atom stereocenters. The van der Waals surface area contributed by atoms with Crippen molar-refractivity contribution in [2.75, 3.05) is 19.1 Å². The summed E-state index contributed by atoms with van der Waals surface area (Å²) in [7, 11) is 2.46. The molecule has 3 atom stereocenters. The Labute approximate surface area is 223 Å². The number of esters is 2. The topological polar surface area (TPSA) is 98.9 Å². The molecule has 5 rings (SSSR count). The zero-order valence-electron chi connectivity index (χ0n) is 20.7. The number of rotatable bonds is 5. The maximum absolute atomic E-state index is 15.2. The van der Waals surface area contributed by atoms with Gasteiger partial charge < -0.3 is 15.2 Å². The number of anilines is 1. The minimum Gasteiger partial charge on any atom is -0.468 e. The normalized spacial score (nSPS) is 21.3. The van der Waals surface area contributed by atoms with E-state index in [1.165, 1.54) is 42.6 Å². The van der Waals surface area contributed by atoms with Crippen LogP contribution in [0.4, 0.5) is 10.1 Å². The molecule has 2 aromatic carbocycles. The van der Waals surface area contributed by atoms with Crippen molar-refractivity contribution in [3.05, 3.63) is 111 Å². The lowest BCUT2D eigenvalue weighted by Crippen LogP contribution is -2.46. The van der Waals surface area contributed by atoms with Crippen LogP contribution in [0.1, 0.15) is 28.7 Å². The van der Waals surface area contributed by atoms with Crippen molar-refractivity contribution in [3.8, 4) is 0 Å². The van der Waals surface area contributed by atoms with Crippen molar-refractivity contribution in [3.63, 3.8) is 0 Å². The average molecular weight is 533 g/mol. The minimum absolute atomic E-state index is 0.00656. The summed E-state index contributed by atoms with van der Waals surface area (Å²) < 4.78 is 25.4. The molecule has 0 spiro atoms. The molecule has 2 N–H and O–H groups in total. The number of nitrogens with two attached hydrogens (primary N) is 1. The van der Waals surface area contributed by atoms with Gasteiger partial charge in [-0.3, -0.25) is 14.5 Å². The van der Waals surface area contributed by atoms with E-state index >= 15 is 4.39 Å². The second-order valence-corrected chi connectivity index (χ2v) is 9.95. The number of Topliss-reactive ketones (excluding diaryl/α,β-unsaturated/α-hetero) is 1. The molecular formula is C29H25FN2O5S. The van der Waals surface area contributed by atoms with E-state index in [2.05, 4.69) is 0 Å². The van der Waals surface area contributed by atoms with Crippen molar-refractivity contribution < 1.29 is 28.2 Å². The Morgan fingerprint density at radius 1 is 1.00 bits per heavy atom. The molecule has 38 heavy (non-hydrogen) atoms. The number of methoxy groups -OCH3 is 2. The van der Waals surface area contributed by atoms with Gasteiger partial charge in [-0.1, -0.05) is 48.5 Å². The van der Waals surface area contributed by atoms with E-state index in [4.69, 9.17) is 15.2 Å². The van der Waals surface area contributed by atoms with Crippen LogP contribution in [0, 0.1) is 11.7 Å². The van der Waals surface area contributed by atoms with E-state index in [-0.39, 0.29) is 29.1 Å². The highest BCUT2D eigenvalue weighted by atomic mass is 32.1. The first-order valence-electron chi connectivity index (χ1n) is 11.9. The summed E-state index contributed by atoms with van der Waals surface area (Å²) in [6.45, 7) is 0. The fourth-order valence-corrected chi connectivity index (χ4v) is 6.24. The summed E-state index contributed by atoms with van der Waals surface area (Å²) in [5.74, 6) is -5.20. The van der Waals surface area contributed by atoms with E-state index < -0.39 is 41.3 Å². The Morgan fingerprint density at radius 2 is 1.71 bits per heavy atom. The van der Waals surface area contributed by atoms with Crippen LogP contribution in [0.25, 0.3) is 0 Å². The standard InChI is InChI=1S/C29H25FN2O5S/c1-36-28(34)22-17(16-9-4-3-5-10-16)15-20-23(26(22)33)24(21-13-8-14-38-21)25(29(35)37-2)27(31)32(20)19-12-7-6-11-18(19)30/h3-14,17,22,24H,15,31H2,1-2H3/t17-,22+,24-/m0/s1. The van der Waals surface area contributed by atoms with Crippen LogP contribution in [0.3, 0.4) is 0 Å². The van der Waals surface area contributed by atoms with Crippen LogP contribution >= 0.6 is 11.3 Å². The third kappa shape index (κ3) is 4.09. The van der Waals surface area contributed by atoms with Gasteiger partial charge in [0.05, 0.1) is 31.4 Å². The lowest BCUT2D eigenvalue weighted by atomic mass is 9.68. The zero-order valence-corrected chi connectivity index (χ0v) is 21.5. The predicted molar refractivity (Wildman–Crippen MR) is 141 cm³/mol. The monoisotopic (exact) mass is 532 g/mol. The maximum atomic E-state index is 15.2. The number of hydrogen-bond acceptors (Lipinski definition) is 8. The number of nitrogens with zero attached hydrogens (tertiary/aromatic N) is 1. The number of halogens is 1. The van der Waals surface area contributed by atoms with Gasteiger partial charge in [-0.2, -0.15) is 0 Å². The molecule has 2 aliphatic rings. The first-order valence-corrected chi connectivity index (χ1v) is 12.8. The molecule has 1 aromatic heterocycles. The van der Waals surface area contributed by atoms with E-state index in [0.29, 0.717) is 10.6 Å². The Balaban J connectivity index is 1.83. The number of carbonyl (C=O) groups excluding carboxylic acids is 3. The molecule has 2 heterocycles. The molecular weight excluding hydrogens is 507 g/mol. The predicted octanol–water partition coefficient (Wildman–Crippen LogP) is 4.63. The third-order valence-electron chi connectivity index (χ3n) is 7.05. The molecule has 0 saturated heterocycles. The highest BCUT2D eigenvalue weighted by Gasteiger charge is 2.51. The van der Waals surface area contributed by atoms with Crippen LogP contribution < -0.4 is 10.6 Å². The van der Waals surface area contributed by atoms with Gasteiger partial charge in [0.1, 0.15) is 17.6 Å². The van der Waals surface area contributed by atoms with Crippen LogP contribution in [-0.2, 0) is 23.9 Å². The molecule has 0 radical (unpaired) electrons. The number of hydrogen-bond donors (Lipinski definition) is 1. The fraction of sp³-hybridized carbons (Fsp3) is 0.207. The first-order chi connectivity index (χ1) is 18.4. The average Bonchev–Trinajstić information content (AvgIpc) is 3.47. The summed E-state index contributed by atoms with van der Waals surface area (Å²) in [4.78, 5) is 42.8. The zero-order chi connectivity index (χ0) is 27.0. The molecule has 9 heteroatoms. The van der Waals surface area contributed by atoms with Crippen molar-refractivity contribution in [1.29, 1.82) is 0 Å². The van der Waals surface area contributed by atoms with E-state index in [9.17, 15) is 14.4 Å². The Kier molecular flexibility index (Phi) is 6.86. The highest BCUT2D eigenvalue weighted by molar-refractivity contribution is 7.10. The molecule has 7 nitrogen and oxygen atoms in total. The highest BCUT2D eigenvalue weighted by Crippen LogP contribution is 2.52. The smallest absolute Gasteiger partial charge is 0.338 e. The maximum Gasteiger partial charge on any atom is 0.338 e. The van der Waals surface area contributed by atoms with Crippen LogP contribution in [-0.4, -0.2) is 31.9 Å². The van der Waals surface area contributed by atoms with Crippen LogP contribution in [0.5, 0.6) is 0 Å². The minimum atomic E-state index is -1.16. The van der Waals surface area contributed by atoms with Gasteiger partial charge in [0.15, 0.2) is 5.78 Å². The number of thiophene rings is 1. The second-order valence-electron chi connectivity index (χ2n) is 8.97. The third-order valence-corrected chi connectivity index (χ3v) is 7.98. The van der Waals surface area contributed by atoms with Gasteiger partial charge in [0.2, 0.25) is 0 Å². The summed E-state index contributed by atoms with van der Waals surface area (Å²) >= 11 is 1.34. The van der Waals surface area contributed by atoms with Gasteiger partial charge in [-0.15, -0.1) is 11.3 Å². The summed E-state index contributed by atoms with van der Waals surface area (Å²) in [6, 6.07) is 18.8. The molecule has 0 amide bonds. The fourth-order valence-electron chi connectivity index (χ4n) is 5.40. The number of para-hydroxylation sites is 1. The number of ketones is 1. The van der Waals surface area contributed by atoms with Gasteiger partial charge >= 0.3 is 11.9 Å². The molecule has 3 aromatic rings. The summed E-state index contributed by atoms with van der Waals surface area (Å²) in [5.41, 5.74) is 8.13. The Morgan fingerprint density at radius 3 is 2.34 bits per heavy atom. The number of carbonyl (C=O) groups is 3. The summed E-state index contributed by atoms with van der Waals surface area (Å²) in [6.07, 6.45) is 0.177. The molecule has 0 fully saturated rings. The van der Waals surface area contributed by atoms with Crippen LogP contribution in [0.15, 0.2) is 94.8 Å². The van der Waals surface area contributed by atoms with Gasteiger partial charge in [0.25, 0.3) is 0 Å². The number of allylic oxidation sites excluding steroid dienone is 2. The second kappa shape index (κ2) is 10.3. The van der Waals surface area contributed by atoms with Crippen molar-refractivity contribution in [2.45, 2.75) is 18.3 Å². The Bertz CT molecular complexity index is 1470. The summed E-state index contributed by atoms with van der Waals surface area (Å²) in [5, 5.41) is 1.82. The van der Waals surface area contributed by atoms with E-state index in [1.54, 1.807) is 24.3 Å². The van der Waals surface area contributed by atoms with Crippen molar-refractivity contribution in [1.82, 2.24) is 0 Å². The van der Waals surface area contributed by atoms with E-state index in [0.717, 1.165) is 5.56 Å². The number of benzene rings is 2. The quantitative estimate of drug-likeness (QED) is 0.378. The SMILES string of the molecule is COC(=O)C1=C(N)N(c2ccccc2F)C2=C(C(=O)[C@H](C(=O)OC)[C@H](c3ccccc3)C2)[C@@H]1c1cccs1.